The van der Waals surface area contributed by atoms with Crippen LogP contribution in [0.5, 0.6) is 0 Å². The molecule has 0 unspecified atom stereocenters. The van der Waals surface area contributed by atoms with Crippen molar-refractivity contribution >= 4 is 5.78 Å². The topological polar surface area (TPSA) is 197 Å². The first-order chi connectivity index (χ1) is 10.7. The van der Waals surface area contributed by atoms with Crippen molar-refractivity contribution in [1.82, 2.24) is 0 Å². The van der Waals surface area contributed by atoms with Crippen molar-refractivity contribution in [2.75, 3.05) is 19.8 Å². The predicted octanol–water partition coefficient (Wildman–Crippen LogP) is -5.55. The van der Waals surface area contributed by atoms with Crippen molar-refractivity contribution in [2.45, 2.75) is 49.0 Å². The highest BCUT2D eigenvalue weighted by Gasteiger charge is 2.44. The number of Topliss-reactive ketones (excluding diaryl/α,β-unsaturated/α-hetero) is 1. The summed E-state index contributed by atoms with van der Waals surface area (Å²) < 4.78 is 9.85. The van der Waals surface area contributed by atoms with Crippen molar-refractivity contribution in [3.63, 3.8) is 0 Å². The molecule has 1 rings (SSSR count). The monoisotopic (exact) mass is 342 g/mol. The molecular weight excluding hydrogens is 320 g/mol. The van der Waals surface area contributed by atoms with E-state index in [2.05, 4.69) is 0 Å². The van der Waals surface area contributed by atoms with Crippen molar-refractivity contribution in [3.05, 3.63) is 0 Å². The Morgan fingerprint density at radius 2 is 1.65 bits per heavy atom. The summed E-state index contributed by atoms with van der Waals surface area (Å²) in [4.78, 5) is 11.6. The van der Waals surface area contributed by atoms with Gasteiger partial charge < -0.3 is 50.3 Å². The van der Waals surface area contributed by atoms with Gasteiger partial charge in [0.1, 0.15) is 49.3 Å². The lowest BCUT2D eigenvalue weighted by Crippen LogP contribution is -2.59. The predicted molar refractivity (Wildman–Crippen MR) is 69.8 cm³/mol. The highest BCUT2D eigenvalue weighted by molar-refractivity contribution is 5.84. The molecule has 8 atom stereocenters. The van der Waals surface area contributed by atoms with Gasteiger partial charge in [-0.1, -0.05) is 0 Å². The Labute approximate surface area is 130 Å². The molecule has 136 valence electrons. The number of ketones is 1. The van der Waals surface area contributed by atoms with Gasteiger partial charge in [0.2, 0.25) is 0 Å². The molecule has 0 saturated carbocycles. The Morgan fingerprint density at radius 3 is 2.17 bits per heavy atom. The average Bonchev–Trinajstić information content (AvgIpc) is 2.56. The number of aliphatic hydroxyl groups is 8. The third kappa shape index (κ3) is 4.87. The molecule has 1 fully saturated rings. The van der Waals surface area contributed by atoms with Crippen molar-refractivity contribution < 1.29 is 55.1 Å². The summed E-state index contributed by atoms with van der Waals surface area (Å²) in [5.41, 5.74) is 0. The number of carbonyl (C=O) groups is 1. The minimum Gasteiger partial charge on any atom is -0.394 e. The smallest absolute Gasteiger partial charge is 0.189 e. The lowest BCUT2D eigenvalue weighted by molar-refractivity contribution is -0.299. The van der Waals surface area contributed by atoms with E-state index in [-0.39, 0.29) is 0 Å². The Bertz CT molecular complexity index is 376. The van der Waals surface area contributed by atoms with Crippen LogP contribution in [0.4, 0.5) is 0 Å². The summed E-state index contributed by atoms with van der Waals surface area (Å²) in [6.07, 6.45) is -13.5. The molecule has 1 aliphatic rings. The fourth-order valence-corrected chi connectivity index (χ4v) is 1.96. The van der Waals surface area contributed by atoms with E-state index in [4.69, 9.17) is 24.8 Å². The Balaban J connectivity index is 2.57. The second-order valence-corrected chi connectivity index (χ2v) is 5.16. The van der Waals surface area contributed by atoms with Gasteiger partial charge in [-0.15, -0.1) is 0 Å². The lowest BCUT2D eigenvalue weighted by Gasteiger charge is -2.39. The minimum absolute atomic E-state index is 0.678. The molecular formula is C12H22O11. The number of hydrogen-bond acceptors (Lipinski definition) is 11. The van der Waals surface area contributed by atoms with E-state index in [1.807, 2.05) is 0 Å². The molecule has 0 spiro atoms. The van der Waals surface area contributed by atoms with Crippen molar-refractivity contribution in [3.8, 4) is 0 Å². The first-order valence-corrected chi connectivity index (χ1v) is 6.84. The SMILES string of the molecule is O=C(CO[C@@H]1O[C@H](CO)[C@H](O)[C@H](O)[C@H]1O)[C@@H](O)[C@H](O)[C@H](O)CO. The number of hydrogen-bond donors (Lipinski definition) is 8. The second kappa shape index (κ2) is 8.94. The third-order valence-electron chi connectivity index (χ3n) is 3.47. The van der Waals surface area contributed by atoms with E-state index in [1.165, 1.54) is 0 Å². The van der Waals surface area contributed by atoms with Crippen LogP contribution in [-0.4, -0.2) is 115 Å². The quantitative estimate of drug-likeness (QED) is 0.209. The van der Waals surface area contributed by atoms with E-state index in [0.717, 1.165) is 0 Å². The molecule has 1 aliphatic heterocycles. The maximum Gasteiger partial charge on any atom is 0.189 e. The molecule has 8 N–H and O–H groups in total. The number of ether oxygens (including phenoxy) is 2. The molecule has 11 nitrogen and oxygen atoms in total. The molecule has 0 aliphatic carbocycles. The Hall–Kier alpha value is -0.730. The molecule has 1 saturated heterocycles. The summed E-state index contributed by atoms with van der Waals surface area (Å²) in [7, 11) is 0. The van der Waals surface area contributed by atoms with Gasteiger partial charge in [0.05, 0.1) is 13.2 Å². The van der Waals surface area contributed by atoms with Gasteiger partial charge in [-0.3, -0.25) is 4.79 Å². The summed E-state index contributed by atoms with van der Waals surface area (Å²) in [6.45, 7) is -2.42. The van der Waals surface area contributed by atoms with Gasteiger partial charge in [0.15, 0.2) is 12.1 Å². The van der Waals surface area contributed by atoms with E-state index in [0.29, 0.717) is 0 Å². The Morgan fingerprint density at radius 1 is 1.04 bits per heavy atom. The van der Waals surface area contributed by atoms with Gasteiger partial charge in [-0.25, -0.2) is 0 Å². The van der Waals surface area contributed by atoms with Crippen LogP contribution in [0.15, 0.2) is 0 Å². The van der Waals surface area contributed by atoms with Gasteiger partial charge in [-0.05, 0) is 0 Å². The Kier molecular flexibility index (Phi) is 7.89. The first-order valence-electron chi connectivity index (χ1n) is 6.84. The van der Waals surface area contributed by atoms with Gasteiger partial charge in [0, 0.05) is 0 Å². The van der Waals surface area contributed by atoms with Crippen molar-refractivity contribution in [2.24, 2.45) is 0 Å². The summed E-state index contributed by atoms with van der Waals surface area (Å²) in [6, 6.07) is 0. The first kappa shape index (κ1) is 20.3. The van der Waals surface area contributed by atoms with Gasteiger partial charge in [0.25, 0.3) is 0 Å². The summed E-state index contributed by atoms with van der Waals surface area (Å²) >= 11 is 0. The van der Waals surface area contributed by atoms with E-state index >= 15 is 0 Å². The standard InChI is InChI=1S/C12H22O11/c13-1-4(15)7(17)8(18)5(16)3-22-12-11(21)10(20)9(19)6(2-14)23-12/h4,6-15,17-21H,1-3H2/t4-,6-,7-,8-,9+,10+,11-,12-/m1/s1. The zero-order valence-corrected chi connectivity index (χ0v) is 12.0. The highest BCUT2D eigenvalue weighted by Crippen LogP contribution is 2.22. The molecule has 0 radical (unpaired) electrons. The van der Waals surface area contributed by atoms with Crippen LogP contribution in [0.25, 0.3) is 0 Å². The van der Waals surface area contributed by atoms with Crippen molar-refractivity contribution in [1.29, 1.82) is 0 Å². The third-order valence-corrected chi connectivity index (χ3v) is 3.47. The normalized spacial score (nSPS) is 35.6. The fourth-order valence-electron chi connectivity index (χ4n) is 1.96. The molecule has 0 aromatic heterocycles. The van der Waals surface area contributed by atoms with E-state index in [1.54, 1.807) is 0 Å². The molecule has 1 heterocycles. The zero-order chi connectivity index (χ0) is 17.7. The number of carbonyl (C=O) groups excluding carboxylic acids is 1. The van der Waals surface area contributed by atoms with Crippen LogP contribution >= 0.6 is 0 Å². The van der Waals surface area contributed by atoms with Crippen LogP contribution in [0, 0.1) is 0 Å². The summed E-state index contributed by atoms with van der Waals surface area (Å²) in [5, 5.41) is 74.4. The molecule has 0 amide bonds. The molecule has 23 heavy (non-hydrogen) atoms. The van der Waals surface area contributed by atoms with Gasteiger partial charge in [-0.2, -0.15) is 0 Å². The van der Waals surface area contributed by atoms with Crippen LogP contribution < -0.4 is 0 Å². The van der Waals surface area contributed by atoms with Gasteiger partial charge >= 0.3 is 0 Å². The van der Waals surface area contributed by atoms with Crippen LogP contribution in [0.1, 0.15) is 0 Å². The molecule has 0 aromatic rings. The highest BCUT2D eigenvalue weighted by atomic mass is 16.7. The number of aliphatic hydroxyl groups excluding tert-OH is 8. The van der Waals surface area contributed by atoms with E-state index in [9.17, 15) is 30.3 Å². The maximum atomic E-state index is 11.6. The largest absolute Gasteiger partial charge is 0.394 e. The van der Waals surface area contributed by atoms with Crippen LogP contribution in [0.2, 0.25) is 0 Å². The lowest BCUT2D eigenvalue weighted by atomic mass is 9.99. The van der Waals surface area contributed by atoms with E-state index < -0.39 is 74.6 Å². The number of rotatable bonds is 8. The fraction of sp³-hybridized carbons (Fsp3) is 0.917. The molecule has 0 aromatic carbocycles. The molecule has 11 heteroatoms. The zero-order valence-electron chi connectivity index (χ0n) is 12.0. The minimum atomic E-state index is -2.05. The molecule has 0 bridgehead atoms. The average molecular weight is 342 g/mol. The van der Waals surface area contributed by atoms with Crippen LogP contribution in [0.3, 0.4) is 0 Å². The second-order valence-electron chi connectivity index (χ2n) is 5.16. The maximum absolute atomic E-state index is 11.6. The van der Waals surface area contributed by atoms with Crippen LogP contribution in [-0.2, 0) is 14.3 Å². The summed E-state index contributed by atoms with van der Waals surface area (Å²) in [5.74, 6) is -1.08.